The van der Waals surface area contributed by atoms with Crippen molar-refractivity contribution in [2.24, 2.45) is 5.73 Å². The number of carbonyl (C=O) groups excluding carboxylic acids is 7. The van der Waals surface area contributed by atoms with E-state index in [4.69, 9.17) is 10.7 Å². The van der Waals surface area contributed by atoms with Gasteiger partial charge in [0.05, 0.1) is 45.9 Å². The lowest BCUT2D eigenvalue weighted by Crippen LogP contribution is -2.57. The Balaban J connectivity index is 0.776. The number of carbonyl (C=O) groups is 7. The third kappa shape index (κ3) is 9.15. The van der Waals surface area contributed by atoms with Gasteiger partial charge >= 0.3 is 0 Å². The van der Waals surface area contributed by atoms with Crippen molar-refractivity contribution in [1.82, 2.24) is 29.7 Å². The standard InChI is InChI=1S/C57H62N12O8S/c1-6-45(71)62-41-26-32(61-51-47(50(58)73)60-28-42(63-51)35-15-20-59-52(40(35)30-70)68-23-18-36-37-8-7-19-57(3,4)49(37)78-48(36)56(68)77)9-12-43(41)67-25-24-66(29-31(67)2)33-16-21-65(22-17-33)34-10-11-38-39(27-34)54(75)69(53(38)74)44-13-14-46(72)64(5)55(44)76/h6,9-12,15,20,26-28,31,33,44,70H,1,7-8,13-14,16-19,21-25,29-30H2,2-5H3,(H2,58,73)(H,61,63)(H,62,71)/t31-,44?/m0/s1. The Morgan fingerprint density at radius 3 is 2.42 bits per heavy atom. The van der Waals surface area contributed by atoms with Crippen LogP contribution in [-0.4, -0.2) is 141 Å². The fourth-order valence-electron chi connectivity index (χ4n) is 12.4. The highest BCUT2D eigenvalue weighted by molar-refractivity contribution is 7.14. The van der Waals surface area contributed by atoms with Crippen molar-refractivity contribution < 1.29 is 38.7 Å². The number of imide groups is 2. The minimum Gasteiger partial charge on any atom is -0.392 e. The molecule has 5 N–H and O–H groups in total. The van der Waals surface area contributed by atoms with Gasteiger partial charge < -0.3 is 31.3 Å². The summed E-state index contributed by atoms with van der Waals surface area (Å²) in [6, 6.07) is 11.8. The van der Waals surface area contributed by atoms with E-state index in [9.17, 15) is 38.7 Å². The third-order valence-corrected chi connectivity index (χ3v) is 18.2. The second-order valence-electron chi connectivity index (χ2n) is 21.7. The second-order valence-corrected chi connectivity index (χ2v) is 22.7. The SMILES string of the molecule is C=CC(=O)Nc1cc(Nc2nc(-c3ccnc(N4CCc5c(sc6c5CCCC6(C)C)C4=O)c3CO)cnc2C(N)=O)ccc1N1CCN(C2CCN(c3ccc4c(c3)C(=O)N(C3CCC(=O)N(C)C3=O)C4=O)CC2)C[C@@H]1C. The van der Waals surface area contributed by atoms with Crippen LogP contribution in [-0.2, 0) is 39.2 Å². The van der Waals surface area contributed by atoms with Crippen molar-refractivity contribution in [3.05, 3.63) is 111 Å². The second kappa shape index (κ2) is 20.5. The molecule has 8 heterocycles. The van der Waals surface area contributed by atoms with Gasteiger partial charge in [-0.15, -0.1) is 11.3 Å². The van der Waals surface area contributed by atoms with Crippen LogP contribution in [0.15, 0.2) is 67.5 Å². The van der Waals surface area contributed by atoms with Crippen LogP contribution in [0, 0.1) is 0 Å². The van der Waals surface area contributed by atoms with E-state index < -0.39 is 42.2 Å². The summed E-state index contributed by atoms with van der Waals surface area (Å²) in [6.07, 6.45) is 9.91. The summed E-state index contributed by atoms with van der Waals surface area (Å²) >= 11 is 1.58. The first kappa shape index (κ1) is 52.2. The van der Waals surface area contributed by atoms with E-state index in [1.807, 2.05) is 18.2 Å². The zero-order valence-electron chi connectivity index (χ0n) is 44.1. The summed E-state index contributed by atoms with van der Waals surface area (Å²) in [7, 11) is 1.38. The number of nitrogens with two attached hydrogens (primary N) is 1. The summed E-state index contributed by atoms with van der Waals surface area (Å²) < 4.78 is 0. The van der Waals surface area contributed by atoms with Crippen molar-refractivity contribution in [2.75, 3.05) is 71.6 Å². The molecule has 0 saturated carbocycles. The van der Waals surface area contributed by atoms with Gasteiger partial charge in [0.25, 0.3) is 29.5 Å². The number of amides is 7. The number of benzene rings is 2. The largest absolute Gasteiger partial charge is 0.392 e. The molecular weight excluding hydrogens is 1010 g/mol. The number of likely N-dealkylation sites (tertiary alicyclic amines) is 1. The maximum absolute atomic E-state index is 14.3. The highest BCUT2D eigenvalue weighted by Gasteiger charge is 2.47. The molecule has 2 aromatic carbocycles. The first-order valence-electron chi connectivity index (χ1n) is 26.6. The van der Waals surface area contributed by atoms with Gasteiger partial charge in [0, 0.05) is 98.4 Å². The van der Waals surface area contributed by atoms with E-state index in [2.05, 4.69) is 62.7 Å². The lowest BCUT2D eigenvalue weighted by Gasteiger charge is -2.47. The Labute approximate surface area is 455 Å². The van der Waals surface area contributed by atoms with E-state index in [0.29, 0.717) is 59.6 Å². The minimum absolute atomic E-state index is 0.00241. The van der Waals surface area contributed by atoms with Crippen molar-refractivity contribution in [2.45, 2.75) is 102 Å². The number of aromatic nitrogens is 3. The maximum atomic E-state index is 14.3. The van der Waals surface area contributed by atoms with Gasteiger partial charge in [0.2, 0.25) is 11.8 Å². The molecular formula is C57H62N12O8S. The average molecular weight is 1080 g/mol. The van der Waals surface area contributed by atoms with Gasteiger partial charge in [-0.05, 0) is 117 Å². The van der Waals surface area contributed by atoms with Crippen LogP contribution in [0.2, 0.25) is 0 Å². The molecule has 5 aliphatic heterocycles. The topological polar surface area (TPSA) is 248 Å². The van der Waals surface area contributed by atoms with E-state index in [0.717, 1.165) is 89.9 Å². The zero-order chi connectivity index (χ0) is 54.9. The number of nitrogens with zero attached hydrogens (tertiary/aromatic N) is 9. The molecule has 2 atom stereocenters. The highest BCUT2D eigenvalue weighted by Crippen LogP contribution is 2.47. The van der Waals surface area contributed by atoms with Gasteiger partial charge in [0.15, 0.2) is 11.5 Å². The number of primary amides is 1. The Morgan fingerprint density at radius 1 is 0.897 bits per heavy atom. The van der Waals surface area contributed by atoms with E-state index in [1.54, 1.807) is 46.7 Å². The molecule has 1 unspecified atom stereocenters. The molecule has 21 heteroatoms. The number of hydrogen-bond acceptors (Lipinski definition) is 16. The number of aliphatic hydroxyl groups is 1. The molecule has 20 nitrogen and oxygen atoms in total. The predicted molar refractivity (Wildman–Crippen MR) is 295 cm³/mol. The van der Waals surface area contributed by atoms with Crippen LogP contribution in [0.1, 0.15) is 122 Å². The van der Waals surface area contributed by atoms with Crippen LogP contribution < -0.4 is 31.1 Å². The average Bonchev–Trinajstić information content (AvgIpc) is 4.18. The normalized spacial score (nSPS) is 20.7. The Morgan fingerprint density at radius 2 is 1.68 bits per heavy atom. The van der Waals surface area contributed by atoms with Gasteiger partial charge in [0.1, 0.15) is 11.9 Å². The number of piperidine rings is 2. The van der Waals surface area contributed by atoms with E-state index >= 15 is 0 Å². The predicted octanol–water partition coefficient (Wildman–Crippen LogP) is 5.80. The van der Waals surface area contributed by atoms with Crippen LogP contribution in [0.25, 0.3) is 11.3 Å². The number of hydrogen-bond donors (Lipinski definition) is 4. The minimum atomic E-state index is -1.01. The quantitative estimate of drug-likeness (QED) is 0.0852. The molecule has 11 rings (SSSR count). The molecule has 3 aromatic heterocycles. The Kier molecular flexibility index (Phi) is 13.7. The lowest BCUT2D eigenvalue weighted by atomic mass is 9.76. The number of aliphatic hydroxyl groups excluding tert-OH is 1. The number of likely N-dealkylation sites (N-methyl/N-ethyl adjacent to an activating group) is 1. The number of rotatable bonds is 12. The molecule has 1 aliphatic carbocycles. The summed E-state index contributed by atoms with van der Waals surface area (Å²) in [5.41, 5.74) is 12.4. The van der Waals surface area contributed by atoms with Crippen molar-refractivity contribution >= 4 is 87.1 Å². The van der Waals surface area contributed by atoms with Crippen molar-refractivity contribution in [3.63, 3.8) is 0 Å². The molecule has 0 bridgehead atoms. The lowest BCUT2D eigenvalue weighted by molar-refractivity contribution is -0.149. The molecule has 0 spiro atoms. The van der Waals surface area contributed by atoms with Crippen LogP contribution in [0.5, 0.6) is 0 Å². The monoisotopic (exact) mass is 1070 g/mol. The van der Waals surface area contributed by atoms with E-state index in [1.165, 1.54) is 29.8 Å². The molecule has 0 radical (unpaired) electrons. The summed E-state index contributed by atoms with van der Waals surface area (Å²) in [6.45, 7) is 13.9. The smallest absolute Gasteiger partial charge is 0.271 e. The molecule has 6 aliphatic rings. The van der Waals surface area contributed by atoms with Crippen molar-refractivity contribution in [1.29, 1.82) is 0 Å². The van der Waals surface area contributed by atoms with Gasteiger partial charge in [-0.25, -0.2) is 15.0 Å². The van der Waals surface area contributed by atoms with Gasteiger partial charge in [-0.3, -0.25) is 53.2 Å². The number of pyridine rings is 1. The Hall–Kier alpha value is -7.88. The third-order valence-electron chi connectivity index (χ3n) is 16.6. The molecule has 7 amide bonds. The van der Waals surface area contributed by atoms with Crippen molar-refractivity contribution in [3.8, 4) is 11.3 Å². The first-order valence-corrected chi connectivity index (χ1v) is 27.4. The number of thiophene rings is 1. The summed E-state index contributed by atoms with van der Waals surface area (Å²) in [5, 5.41) is 17.1. The van der Waals surface area contributed by atoms with Crippen LogP contribution in [0.3, 0.4) is 0 Å². The number of fused-ring (bicyclic) bond motifs is 4. The first-order chi connectivity index (χ1) is 37.5. The van der Waals surface area contributed by atoms with Gasteiger partial charge in [-0.1, -0.05) is 20.4 Å². The fourth-order valence-corrected chi connectivity index (χ4v) is 13.9. The molecule has 3 fully saturated rings. The maximum Gasteiger partial charge on any atom is 0.271 e. The van der Waals surface area contributed by atoms with Gasteiger partial charge in [-0.2, -0.15) is 0 Å². The summed E-state index contributed by atoms with van der Waals surface area (Å²) in [4.78, 5) is 119. The molecule has 5 aromatic rings. The molecule has 78 heavy (non-hydrogen) atoms. The molecule has 3 saturated heterocycles. The van der Waals surface area contributed by atoms with E-state index in [-0.39, 0.29) is 58.8 Å². The summed E-state index contributed by atoms with van der Waals surface area (Å²) in [5.74, 6) is -2.93. The molecule has 404 valence electrons. The number of piperazine rings is 1. The fraction of sp³-hybridized carbons (Fsp3) is 0.404. The van der Waals surface area contributed by atoms with Crippen LogP contribution in [0.4, 0.5) is 34.4 Å². The van der Waals surface area contributed by atoms with Crippen LogP contribution >= 0.6 is 11.3 Å². The highest BCUT2D eigenvalue weighted by atomic mass is 32.1. The Bertz CT molecular complexity index is 3370. The zero-order valence-corrected chi connectivity index (χ0v) is 45.0. The number of nitrogens with one attached hydrogen (secondary N) is 2. The number of anilines is 6.